The van der Waals surface area contributed by atoms with Crippen LogP contribution in [-0.2, 0) is 21.1 Å². The smallest absolute Gasteiger partial charge is 0.245 e. The molecule has 6 atom stereocenters. The van der Waals surface area contributed by atoms with Crippen molar-refractivity contribution in [3.63, 3.8) is 0 Å². The molecular weight excluding hydrogens is 468 g/mol. The van der Waals surface area contributed by atoms with Gasteiger partial charge in [0.2, 0.25) is 17.7 Å². The third-order valence-corrected chi connectivity index (χ3v) is 10.1. The summed E-state index contributed by atoms with van der Waals surface area (Å²) >= 11 is 1.61. The van der Waals surface area contributed by atoms with E-state index in [1.165, 1.54) is 0 Å². The van der Waals surface area contributed by atoms with Crippen LogP contribution in [0.15, 0.2) is 24.3 Å². The summed E-state index contributed by atoms with van der Waals surface area (Å²) in [7, 11) is 1.59. The summed E-state index contributed by atoms with van der Waals surface area (Å²) in [5.41, 5.74) is 1.52. The Bertz CT molecular complexity index is 1190. The minimum atomic E-state index is -0.796. The summed E-state index contributed by atoms with van der Waals surface area (Å²) in [6.07, 6.45) is 1.41. The lowest BCUT2D eigenvalue weighted by atomic mass is 9.66. The largest absolute Gasteiger partial charge is 0.394 e. The van der Waals surface area contributed by atoms with Crippen molar-refractivity contribution in [3.05, 3.63) is 24.3 Å². The van der Waals surface area contributed by atoms with Gasteiger partial charge in [0.05, 0.1) is 34.7 Å². The maximum absolute atomic E-state index is 14.0. The zero-order valence-electron chi connectivity index (χ0n) is 20.4. The highest BCUT2D eigenvalue weighted by molar-refractivity contribution is 8.02. The number of aliphatic hydroxyl groups is 1. The molecular formula is C24H32N6O4S. The van der Waals surface area contributed by atoms with Crippen LogP contribution in [0.1, 0.15) is 33.6 Å². The van der Waals surface area contributed by atoms with Crippen molar-refractivity contribution in [2.75, 3.05) is 13.7 Å². The highest BCUT2D eigenvalue weighted by Crippen LogP contribution is 2.71. The molecule has 2 bridgehead atoms. The predicted molar refractivity (Wildman–Crippen MR) is 131 cm³/mol. The van der Waals surface area contributed by atoms with Gasteiger partial charge >= 0.3 is 0 Å². The number of fused-ring (bicyclic) bond motifs is 2. The van der Waals surface area contributed by atoms with Gasteiger partial charge in [0, 0.05) is 11.8 Å². The molecule has 0 saturated carbocycles. The van der Waals surface area contributed by atoms with Gasteiger partial charge in [0.1, 0.15) is 18.2 Å². The predicted octanol–water partition coefficient (Wildman–Crippen LogP) is 0.749. The Kier molecular flexibility index (Phi) is 5.83. The van der Waals surface area contributed by atoms with Crippen molar-refractivity contribution in [1.29, 1.82) is 0 Å². The lowest BCUT2D eigenvalue weighted by Gasteiger charge is -2.38. The summed E-state index contributed by atoms with van der Waals surface area (Å²) in [6.45, 7) is 5.74. The zero-order valence-corrected chi connectivity index (χ0v) is 21.2. The van der Waals surface area contributed by atoms with E-state index >= 15 is 0 Å². The van der Waals surface area contributed by atoms with Crippen LogP contribution in [0.4, 0.5) is 0 Å². The SMILES string of the molecule is CNC(=O)[C@@H]1[C@H]2C(=O)N([C@@H](CO)C(C)C)C(C(=O)NCn3nnc4ccccc43)C23CC[C@@]1(C)S3. The van der Waals surface area contributed by atoms with Crippen LogP contribution in [0, 0.1) is 17.8 Å². The standard InChI is InChI=1S/C24H32N6O4S/c1-13(2)16(11-31)30-19(21(33)26-12-29-15-8-6-5-7-14(15)27-28-29)24-10-9-23(3,35-24)17(20(32)25-4)18(24)22(30)34/h5-8,13,16-19,31H,9-12H2,1-4H3,(H,25,32)(H,26,33)/t16-,17-,18-,19?,23+,24?/m0/s1. The van der Waals surface area contributed by atoms with E-state index < -0.39 is 33.4 Å². The third-order valence-electron chi connectivity index (χ3n) is 8.13. The molecule has 11 heteroatoms. The molecule has 3 aliphatic heterocycles. The van der Waals surface area contributed by atoms with E-state index in [-0.39, 0.29) is 36.9 Å². The number of amides is 3. The first-order valence-electron chi connectivity index (χ1n) is 12.1. The number of benzene rings is 1. The van der Waals surface area contributed by atoms with E-state index in [2.05, 4.69) is 20.9 Å². The van der Waals surface area contributed by atoms with E-state index in [9.17, 15) is 19.5 Å². The highest BCUT2D eigenvalue weighted by Gasteiger charge is 2.77. The van der Waals surface area contributed by atoms with Crippen molar-refractivity contribution < 1.29 is 19.5 Å². The number of aromatic nitrogens is 3. The number of carbonyl (C=O) groups is 3. The summed E-state index contributed by atoms with van der Waals surface area (Å²) in [6, 6.07) is 6.17. The number of likely N-dealkylation sites (tertiary alicyclic amines) is 1. The van der Waals surface area contributed by atoms with E-state index in [4.69, 9.17) is 0 Å². The lowest BCUT2D eigenvalue weighted by Crippen LogP contribution is -2.57. The average Bonchev–Trinajstić information content (AvgIpc) is 3.53. The molecule has 5 rings (SSSR count). The summed E-state index contributed by atoms with van der Waals surface area (Å²) in [5, 5.41) is 24.3. The molecule has 3 amide bonds. The van der Waals surface area contributed by atoms with Crippen LogP contribution in [0.25, 0.3) is 11.0 Å². The van der Waals surface area contributed by atoms with Crippen molar-refractivity contribution >= 4 is 40.5 Å². The molecule has 0 radical (unpaired) electrons. The van der Waals surface area contributed by atoms with Gasteiger partial charge in [-0.25, -0.2) is 4.68 Å². The molecule has 1 spiro atoms. The van der Waals surface area contributed by atoms with Crippen LogP contribution in [0.3, 0.4) is 0 Å². The van der Waals surface area contributed by atoms with Gasteiger partial charge in [-0.05, 0) is 37.8 Å². The van der Waals surface area contributed by atoms with Crippen LogP contribution in [-0.4, -0.2) is 78.0 Å². The topological polar surface area (TPSA) is 129 Å². The summed E-state index contributed by atoms with van der Waals surface area (Å²) in [4.78, 5) is 42.4. The fourth-order valence-electron chi connectivity index (χ4n) is 6.48. The fourth-order valence-corrected chi connectivity index (χ4v) is 8.82. The first-order chi connectivity index (χ1) is 16.7. The molecule has 3 N–H and O–H groups in total. The molecule has 3 aliphatic rings. The average molecular weight is 501 g/mol. The molecule has 2 aromatic rings. The van der Waals surface area contributed by atoms with Gasteiger partial charge < -0.3 is 20.6 Å². The molecule has 2 unspecified atom stereocenters. The minimum absolute atomic E-state index is 0.0648. The minimum Gasteiger partial charge on any atom is -0.394 e. The Balaban J connectivity index is 1.51. The number of nitrogens with zero attached hydrogens (tertiary/aromatic N) is 4. The zero-order chi connectivity index (χ0) is 25.1. The maximum atomic E-state index is 14.0. The number of aliphatic hydroxyl groups excluding tert-OH is 1. The number of rotatable bonds is 7. The van der Waals surface area contributed by atoms with Crippen molar-refractivity contribution in [1.82, 2.24) is 30.5 Å². The van der Waals surface area contributed by atoms with E-state index in [0.29, 0.717) is 6.42 Å². The van der Waals surface area contributed by atoms with E-state index in [0.717, 1.165) is 17.5 Å². The van der Waals surface area contributed by atoms with Crippen molar-refractivity contribution in [2.45, 2.75) is 61.9 Å². The molecule has 4 heterocycles. The van der Waals surface area contributed by atoms with Gasteiger partial charge in [0.15, 0.2) is 0 Å². The molecule has 1 aromatic carbocycles. The van der Waals surface area contributed by atoms with E-state index in [1.54, 1.807) is 28.4 Å². The molecule has 35 heavy (non-hydrogen) atoms. The Morgan fingerprint density at radius 3 is 2.69 bits per heavy atom. The van der Waals surface area contributed by atoms with Gasteiger partial charge in [-0.15, -0.1) is 16.9 Å². The number of para-hydroxylation sites is 1. The number of thioether (sulfide) groups is 1. The number of hydrogen-bond acceptors (Lipinski definition) is 7. The Labute approximate surface area is 208 Å². The van der Waals surface area contributed by atoms with Crippen molar-refractivity contribution in [2.24, 2.45) is 17.8 Å². The normalized spacial score (nSPS) is 32.3. The molecule has 188 valence electrons. The second-order valence-corrected chi connectivity index (χ2v) is 12.3. The van der Waals surface area contributed by atoms with Gasteiger partial charge in [-0.3, -0.25) is 14.4 Å². The Hall–Kier alpha value is -2.66. The second kappa shape index (κ2) is 8.48. The van der Waals surface area contributed by atoms with E-state index in [1.807, 2.05) is 45.0 Å². The molecule has 3 fully saturated rings. The van der Waals surface area contributed by atoms with Crippen LogP contribution >= 0.6 is 11.8 Å². The third kappa shape index (κ3) is 3.38. The second-order valence-electron chi connectivity index (χ2n) is 10.4. The molecule has 1 aromatic heterocycles. The maximum Gasteiger partial charge on any atom is 0.245 e. The van der Waals surface area contributed by atoms with Gasteiger partial charge in [-0.2, -0.15) is 0 Å². The number of hydrogen-bond donors (Lipinski definition) is 3. The first kappa shape index (κ1) is 24.1. The summed E-state index contributed by atoms with van der Waals surface area (Å²) in [5.74, 6) is -1.88. The van der Waals surface area contributed by atoms with Gasteiger partial charge in [0.25, 0.3) is 0 Å². The summed E-state index contributed by atoms with van der Waals surface area (Å²) < 4.78 is 0.475. The number of nitrogens with one attached hydrogen (secondary N) is 2. The van der Waals surface area contributed by atoms with Gasteiger partial charge in [-0.1, -0.05) is 31.2 Å². The molecule has 0 aliphatic carbocycles. The van der Waals surface area contributed by atoms with Crippen LogP contribution in [0.2, 0.25) is 0 Å². The number of carbonyl (C=O) groups excluding carboxylic acids is 3. The fraction of sp³-hybridized carbons (Fsp3) is 0.625. The quantitative estimate of drug-likeness (QED) is 0.512. The Morgan fingerprint density at radius 1 is 1.26 bits per heavy atom. The Morgan fingerprint density at radius 2 is 2.00 bits per heavy atom. The first-order valence-corrected chi connectivity index (χ1v) is 12.9. The lowest BCUT2D eigenvalue weighted by molar-refractivity contribution is -0.144. The monoisotopic (exact) mass is 500 g/mol. The highest BCUT2D eigenvalue weighted by atomic mass is 32.2. The van der Waals surface area contributed by atoms with Crippen LogP contribution in [0.5, 0.6) is 0 Å². The van der Waals surface area contributed by atoms with Crippen molar-refractivity contribution in [3.8, 4) is 0 Å². The molecule has 3 saturated heterocycles. The molecule has 10 nitrogen and oxygen atoms in total. The van der Waals surface area contributed by atoms with Crippen LogP contribution < -0.4 is 10.6 Å².